The van der Waals surface area contributed by atoms with Crippen LogP contribution in [0.15, 0.2) is 41.6 Å². The van der Waals surface area contributed by atoms with Gasteiger partial charge in [0.1, 0.15) is 5.82 Å². The number of nitrogens with zero attached hydrogens (tertiary/aromatic N) is 2. The van der Waals surface area contributed by atoms with Gasteiger partial charge in [0.05, 0.1) is 18.1 Å². The van der Waals surface area contributed by atoms with Crippen molar-refractivity contribution < 1.29 is 0 Å². The van der Waals surface area contributed by atoms with E-state index in [0.29, 0.717) is 5.82 Å². The molecule has 5 heteroatoms. The Bertz CT molecular complexity index is 509. The van der Waals surface area contributed by atoms with E-state index in [2.05, 4.69) is 20.3 Å². The lowest BCUT2D eigenvalue weighted by molar-refractivity contribution is 0.829. The van der Waals surface area contributed by atoms with Crippen LogP contribution >= 0.6 is 0 Å². The summed E-state index contributed by atoms with van der Waals surface area (Å²) in [6, 6.07) is 7.13. The van der Waals surface area contributed by atoms with Crippen molar-refractivity contribution in [2.45, 2.75) is 13.0 Å². The largest absolute Gasteiger partial charge is 0.362 e. The van der Waals surface area contributed by atoms with E-state index in [4.69, 9.17) is 0 Å². The number of H-pyrrole nitrogens is 1. The van der Waals surface area contributed by atoms with Gasteiger partial charge < -0.3 is 10.3 Å². The maximum absolute atomic E-state index is 11.1. The molecule has 2 heterocycles. The smallest absolute Gasteiger partial charge is 0.252 e. The zero-order valence-corrected chi connectivity index (χ0v) is 8.84. The van der Waals surface area contributed by atoms with Gasteiger partial charge in [-0.2, -0.15) is 0 Å². The standard InChI is InChI=1S/C11H12N4O/c1-8(9-4-2-3-5-12-9)15-10-6-11(16)14-7-13-10/h2-8H,1H3,(H2,13,14,15,16). The Morgan fingerprint density at radius 1 is 1.38 bits per heavy atom. The van der Waals surface area contributed by atoms with Crippen molar-refractivity contribution in [1.29, 1.82) is 0 Å². The number of anilines is 1. The first-order valence-corrected chi connectivity index (χ1v) is 4.98. The number of hydrogen-bond donors (Lipinski definition) is 2. The second-order valence-electron chi connectivity index (χ2n) is 3.42. The topological polar surface area (TPSA) is 70.7 Å². The predicted octanol–water partition coefficient (Wildman–Crippen LogP) is 1.34. The summed E-state index contributed by atoms with van der Waals surface area (Å²) in [7, 11) is 0. The third kappa shape index (κ3) is 2.44. The Labute approximate surface area is 92.6 Å². The minimum absolute atomic E-state index is 0.00972. The fourth-order valence-electron chi connectivity index (χ4n) is 1.38. The minimum atomic E-state index is -0.175. The van der Waals surface area contributed by atoms with E-state index in [1.807, 2.05) is 25.1 Å². The summed E-state index contributed by atoms with van der Waals surface area (Å²) in [5, 5.41) is 3.11. The molecule has 0 aliphatic rings. The average Bonchev–Trinajstić information content (AvgIpc) is 2.30. The highest BCUT2D eigenvalue weighted by Crippen LogP contribution is 2.13. The van der Waals surface area contributed by atoms with E-state index in [1.165, 1.54) is 12.4 Å². The molecular weight excluding hydrogens is 204 g/mol. The van der Waals surface area contributed by atoms with Crippen LogP contribution in [-0.2, 0) is 0 Å². The quantitative estimate of drug-likeness (QED) is 0.812. The molecule has 0 aromatic carbocycles. The molecule has 0 saturated heterocycles. The number of hydrogen-bond acceptors (Lipinski definition) is 4. The van der Waals surface area contributed by atoms with E-state index < -0.39 is 0 Å². The molecule has 0 bridgehead atoms. The summed E-state index contributed by atoms with van der Waals surface area (Å²) in [6.45, 7) is 1.96. The van der Waals surface area contributed by atoms with Crippen molar-refractivity contribution >= 4 is 5.82 Å². The Morgan fingerprint density at radius 2 is 2.25 bits per heavy atom. The van der Waals surface area contributed by atoms with Gasteiger partial charge in [-0.3, -0.25) is 9.78 Å². The first-order chi connectivity index (χ1) is 7.75. The van der Waals surface area contributed by atoms with Crippen LogP contribution in [0.2, 0.25) is 0 Å². The molecule has 0 spiro atoms. The van der Waals surface area contributed by atoms with Crippen LogP contribution in [0, 0.1) is 0 Å². The Hall–Kier alpha value is -2.17. The molecule has 0 aliphatic heterocycles. The van der Waals surface area contributed by atoms with E-state index in [-0.39, 0.29) is 11.6 Å². The first kappa shape index (κ1) is 10.4. The molecule has 1 unspecified atom stereocenters. The molecule has 1 atom stereocenters. The van der Waals surface area contributed by atoms with E-state index in [1.54, 1.807) is 6.20 Å². The van der Waals surface area contributed by atoms with Crippen molar-refractivity contribution in [3.05, 3.63) is 52.8 Å². The molecule has 16 heavy (non-hydrogen) atoms. The molecule has 0 aliphatic carbocycles. The molecule has 2 aromatic heterocycles. The van der Waals surface area contributed by atoms with Gasteiger partial charge in [0.25, 0.3) is 5.56 Å². The fraction of sp³-hybridized carbons (Fsp3) is 0.182. The average molecular weight is 216 g/mol. The molecule has 0 fully saturated rings. The Balaban J connectivity index is 2.14. The molecule has 2 rings (SSSR count). The highest BCUT2D eigenvalue weighted by molar-refractivity contribution is 5.34. The summed E-state index contributed by atoms with van der Waals surface area (Å²) in [5.41, 5.74) is 0.732. The molecule has 0 radical (unpaired) electrons. The summed E-state index contributed by atoms with van der Waals surface area (Å²) < 4.78 is 0. The lowest BCUT2D eigenvalue weighted by atomic mass is 10.2. The van der Waals surface area contributed by atoms with Gasteiger partial charge in [0.15, 0.2) is 0 Å². The summed E-state index contributed by atoms with van der Waals surface area (Å²) in [5.74, 6) is 0.543. The number of aromatic amines is 1. The maximum Gasteiger partial charge on any atom is 0.252 e. The van der Waals surface area contributed by atoms with Crippen molar-refractivity contribution in [3.8, 4) is 0 Å². The molecule has 2 aromatic rings. The highest BCUT2D eigenvalue weighted by Gasteiger charge is 2.06. The second kappa shape index (κ2) is 4.57. The first-order valence-electron chi connectivity index (χ1n) is 4.98. The van der Waals surface area contributed by atoms with E-state index in [9.17, 15) is 4.79 Å². The molecule has 5 nitrogen and oxygen atoms in total. The third-order valence-corrected chi connectivity index (χ3v) is 2.17. The molecular formula is C11H12N4O. The Kier molecular flexibility index (Phi) is 2.95. The van der Waals surface area contributed by atoms with Crippen molar-refractivity contribution in [2.75, 3.05) is 5.32 Å². The van der Waals surface area contributed by atoms with Crippen LogP contribution in [0.25, 0.3) is 0 Å². The normalized spacial score (nSPS) is 12.1. The van der Waals surface area contributed by atoms with Crippen LogP contribution in [0.3, 0.4) is 0 Å². The lowest BCUT2D eigenvalue weighted by Crippen LogP contribution is -2.13. The zero-order chi connectivity index (χ0) is 11.4. The van der Waals surface area contributed by atoms with Crippen molar-refractivity contribution in [2.24, 2.45) is 0 Å². The summed E-state index contributed by atoms with van der Waals surface area (Å²) >= 11 is 0. The number of nitrogens with one attached hydrogen (secondary N) is 2. The van der Waals surface area contributed by atoms with Crippen molar-refractivity contribution in [1.82, 2.24) is 15.0 Å². The van der Waals surface area contributed by atoms with Gasteiger partial charge in [-0.25, -0.2) is 4.98 Å². The number of aromatic nitrogens is 3. The third-order valence-electron chi connectivity index (χ3n) is 2.17. The highest BCUT2D eigenvalue weighted by atomic mass is 16.1. The van der Waals surface area contributed by atoms with Gasteiger partial charge in [0.2, 0.25) is 0 Å². The van der Waals surface area contributed by atoms with Gasteiger partial charge in [-0.05, 0) is 19.1 Å². The SMILES string of the molecule is CC(Nc1cc(=O)[nH]cn1)c1ccccn1. The molecule has 82 valence electrons. The van der Waals surface area contributed by atoms with Crippen LogP contribution in [0.4, 0.5) is 5.82 Å². The molecule has 0 saturated carbocycles. The minimum Gasteiger partial charge on any atom is -0.362 e. The Morgan fingerprint density at radius 3 is 2.94 bits per heavy atom. The summed E-state index contributed by atoms with van der Waals surface area (Å²) in [4.78, 5) is 21.8. The van der Waals surface area contributed by atoms with Gasteiger partial charge >= 0.3 is 0 Å². The lowest BCUT2D eigenvalue weighted by Gasteiger charge is -2.12. The van der Waals surface area contributed by atoms with Crippen molar-refractivity contribution in [3.63, 3.8) is 0 Å². The van der Waals surface area contributed by atoms with Crippen LogP contribution in [-0.4, -0.2) is 15.0 Å². The van der Waals surface area contributed by atoms with E-state index >= 15 is 0 Å². The maximum atomic E-state index is 11.1. The van der Waals surface area contributed by atoms with Crippen LogP contribution in [0.1, 0.15) is 18.7 Å². The van der Waals surface area contributed by atoms with Crippen LogP contribution < -0.4 is 10.9 Å². The van der Waals surface area contributed by atoms with Crippen LogP contribution in [0.5, 0.6) is 0 Å². The van der Waals surface area contributed by atoms with Gasteiger partial charge in [-0.1, -0.05) is 6.07 Å². The van der Waals surface area contributed by atoms with Gasteiger partial charge in [0, 0.05) is 12.3 Å². The summed E-state index contributed by atoms with van der Waals surface area (Å²) in [6.07, 6.45) is 3.11. The zero-order valence-electron chi connectivity index (χ0n) is 8.84. The number of rotatable bonds is 3. The second-order valence-corrected chi connectivity index (χ2v) is 3.42. The van der Waals surface area contributed by atoms with Gasteiger partial charge in [-0.15, -0.1) is 0 Å². The number of pyridine rings is 1. The monoisotopic (exact) mass is 216 g/mol. The van der Waals surface area contributed by atoms with E-state index in [0.717, 1.165) is 5.69 Å². The molecule has 0 amide bonds. The fourth-order valence-corrected chi connectivity index (χ4v) is 1.38. The predicted molar refractivity (Wildman–Crippen MR) is 61.1 cm³/mol. The molecule has 2 N–H and O–H groups in total.